The number of piperidine rings is 1. The molecule has 0 saturated carbocycles. The molecule has 0 radical (unpaired) electrons. The minimum Gasteiger partial charge on any atom is -0.381 e. The Morgan fingerprint density at radius 2 is 2.04 bits per heavy atom. The Morgan fingerprint density at radius 1 is 1.24 bits per heavy atom. The van der Waals surface area contributed by atoms with Crippen molar-refractivity contribution in [3.05, 3.63) is 17.8 Å². The number of anilines is 1. The lowest BCUT2D eigenvalue weighted by atomic mass is 9.93. The van der Waals surface area contributed by atoms with Crippen LogP contribution < -0.4 is 10.2 Å². The number of amides is 1. The zero-order valence-corrected chi connectivity index (χ0v) is 15.1. The van der Waals surface area contributed by atoms with Gasteiger partial charge in [0.05, 0.1) is 10.2 Å². The monoisotopic (exact) mass is 360 g/mol. The highest BCUT2D eigenvalue weighted by atomic mass is 32.1. The Morgan fingerprint density at radius 3 is 2.84 bits per heavy atom. The van der Waals surface area contributed by atoms with Crippen LogP contribution in [0.3, 0.4) is 0 Å². The number of nitrogens with zero attached hydrogens (tertiary/aromatic N) is 3. The predicted molar refractivity (Wildman–Crippen MR) is 99.0 cm³/mol. The van der Waals surface area contributed by atoms with Gasteiger partial charge in [-0.1, -0.05) is 0 Å². The first-order valence-corrected chi connectivity index (χ1v) is 9.98. The van der Waals surface area contributed by atoms with Crippen molar-refractivity contribution in [2.45, 2.75) is 38.1 Å². The standard InChI is InChI=1S/C18H24N4O2S/c23-16(21-14-3-8-24-9-4-14)11-13-1-6-22(7-2-13)18-17-15(5-10-25-17)19-12-20-18/h5,10,12-14H,1-4,6-9,11H2,(H,21,23). The first-order chi connectivity index (χ1) is 12.3. The second-order valence-corrected chi connectivity index (χ2v) is 7.84. The maximum absolute atomic E-state index is 12.3. The summed E-state index contributed by atoms with van der Waals surface area (Å²) >= 11 is 1.70. The Kier molecular flexibility index (Phi) is 5.12. The van der Waals surface area contributed by atoms with E-state index in [1.54, 1.807) is 17.7 Å². The summed E-state index contributed by atoms with van der Waals surface area (Å²) in [6, 6.07) is 2.34. The number of fused-ring (bicyclic) bond motifs is 1. The molecule has 2 aromatic rings. The molecular formula is C18H24N4O2S. The molecule has 2 aromatic heterocycles. The average molecular weight is 360 g/mol. The minimum atomic E-state index is 0.202. The molecule has 1 N–H and O–H groups in total. The lowest BCUT2D eigenvalue weighted by Gasteiger charge is -2.33. The van der Waals surface area contributed by atoms with Gasteiger partial charge in [-0.3, -0.25) is 4.79 Å². The maximum atomic E-state index is 12.3. The molecule has 0 aromatic carbocycles. The largest absolute Gasteiger partial charge is 0.381 e. The molecule has 0 spiro atoms. The van der Waals surface area contributed by atoms with Crippen molar-refractivity contribution in [2.24, 2.45) is 5.92 Å². The van der Waals surface area contributed by atoms with E-state index >= 15 is 0 Å². The molecule has 0 bridgehead atoms. The third-order valence-corrected chi connectivity index (χ3v) is 6.10. The van der Waals surface area contributed by atoms with Crippen LogP contribution in [0.2, 0.25) is 0 Å². The normalized spacial score (nSPS) is 20.1. The molecule has 0 atom stereocenters. The first-order valence-electron chi connectivity index (χ1n) is 9.10. The molecule has 4 rings (SSSR count). The van der Waals surface area contributed by atoms with E-state index < -0.39 is 0 Å². The van der Waals surface area contributed by atoms with Gasteiger partial charge >= 0.3 is 0 Å². The molecule has 4 heterocycles. The Labute approximate surface area is 151 Å². The predicted octanol–water partition coefficient (Wildman–Crippen LogP) is 2.59. The summed E-state index contributed by atoms with van der Waals surface area (Å²) in [5.74, 6) is 1.72. The van der Waals surface area contributed by atoms with Gasteiger partial charge in [0.25, 0.3) is 0 Å². The first kappa shape index (κ1) is 16.7. The summed E-state index contributed by atoms with van der Waals surface area (Å²) in [6.07, 6.45) is 6.25. The summed E-state index contributed by atoms with van der Waals surface area (Å²) in [7, 11) is 0. The number of hydrogen-bond donors (Lipinski definition) is 1. The quantitative estimate of drug-likeness (QED) is 0.908. The molecule has 2 aliphatic rings. The van der Waals surface area contributed by atoms with Crippen molar-refractivity contribution in [2.75, 3.05) is 31.2 Å². The van der Waals surface area contributed by atoms with Gasteiger partial charge in [-0.15, -0.1) is 11.3 Å². The Bertz CT molecular complexity index is 721. The molecule has 2 saturated heterocycles. The molecular weight excluding hydrogens is 336 g/mol. The van der Waals surface area contributed by atoms with Crippen LogP contribution in [-0.2, 0) is 9.53 Å². The third kappa shape index (κ3) is 3.93. The van der Waals surface area contributed by atoms with Crippen molar-refractivity contribution in [1.82, 2.24) is 15.3 Å². The maximum Gasteiger partial charge on any atom is 0.220 e. The van der Waals surface area contributed by atoms with E-state index in [0.29, 0.717) is 18.4 Å². The highest BCUT2D eigenvalue weighted by Gasteiger charge is 2.25. The molecule has 6 nitrogen and oxygen atoms in total. The molecule has 0 unspecified atom stereocenters. The van der Waals surface area contributed by atoms with Crippen LogP contribution >= 0.6 is 11.3 Å². The lowest BCUT2D eigenvalue weighted by molar-refractivity contribution is -0.123. The van der Waals surface area contributed by atoms with Crippen LogP contribution in [0.1, 0.15) is 32.1 Å². The van der Waals surface area contributed by atoms with Gasteiger partial charge in [0.15, 0.2) is 0 Å². The Hall–Kier alpha value is -1.73. The fourth-order valence-corrected chi connectivity index (χ4v) is 4.60. The molecule has 7 heteroatoms. The number of aromatic nitrogens is 2. The summed E-state index contributed by atoms with van der Waals surface area (Å²) in [5, 5.41) is 5.24. The lowest BCUT2D eigenvalue weighted by Crippen LogP contribution is -2.41. The zero-order chi connectivity index (χ0) is 17.1. The van der Waals surface area contributed by atoms with E-state index in [1.807, 2.05) is 6.07 Å². The van der Waals surface area contributed by atoms with Gasteiger partial charge in [-0.2, -0.15) is 0 Å². The zero-order valence-electron chi connectivity index (χ0n) is 14.3. The van der Waals surface area contributed by atoms with Gasteiger partial charge in [-0.05, 0) is 43.0 Å². The van der Waals surface area contributed by atoms with Crippen molar-refractivity contribution >= 4 is 33.3 Å². The number of ether oxygens (including phenoxy) is 1. The minimum absolute atomic E-state index is 0.202. The topological polar surface area (TPSA) is 67.4 Å². The van der Waals surface area contributed by atoms with Gasteiger partial charge in [0.2, 0.25) is 5.91 Å². The van der Waals surface area contributed by atoms with E-state index in [1.165, 1.54) is 4.70 Å². The van der Waals surface area contributed by atoms with Gasteiger partial charge in [0.1, 0.15) is 12.1 Å². The SMILES string of the molecule is O=C(CC1CCN(c2ncnc3ccsc23)CC1)NC1CCOCC1. The summed E-state index contributed by atoms with van der Waals surface area (Å²) in [5.41, 5.74) is 1.02. The van der Waals surface area contributed by atoms with Gasteiger partial charge < -0.3 is 15.0 Å². The highest BCUT2D eigenvalue weighted by Crippen LogP contribution is 2.31. The Balaban J connectivity index is 1.29. The van der Waals surface area contributed by atoms with Crippen molar-refractivity contribution in [3.8, 4) is 0 Å². The fraction of sp³-hybridized carbons (Fsp3) is 0.611. The van der Waals surface area contributed by atoms with Crippen LogP contribution in [-0.4, -0.2) is 48.2 Å². The summed E-state index contributed by atoms with van der Waals surface area (Å²) < 4.78 is 6.51. The van der Waals surface area contributed by atoms with Crippen LogP contribution in [0.15, 0.2) is 17.8 Å². The van der Waals surface area contributed by atoms with Gasteiger partial charge in [-0.25, -0.2) is 9.97 Å². The molecule has 25 heavy (non-hydrogen) atoms. The van der Waals surface area contributed by atoms with E-state index in [2.05, 4.69) is 25.6 Å². The molecule has 2 aliphatic heterocycles. The number of carbonyl (C=O) groups excluding carboxylic acids is 1. The number of nitrogens with one attached hydrogen (secondary N) is 1. The number of thiophene rings is 1. The molecule has 0 aliphatic carbocycles. The van der Waals surface area contributed by atoms with Crippen molar-refractivity contribution < 1.29 is 9.53 Å². The highest BCUT2D eigenvalue weighted by molar-refractivity contribution is 7.17. The number of hydrogen-bond acceptors (Lipinski definition) is 6. The smallest absolute Gasteiger partial charge is 0.220 e. The van der Waals surface area contributed by atoms with E-state index in [0.717, 1.165) is 63.3 Å². The van der Waals surface area contributed by atoms with E-state index in [4.69, 9.17) is 4.74 Å². The van der Waals surface area contributed by atoms with E-state index in [-0.39, 0.29) is 5.91 Å². The van der Waals surface area contributed by atoms with Crippen LogP contribution in [0, 0.1) is 5.92 Å². The van der Waals surface area contributed by atoms with Crippen LogP contribution in [0.25, 0.3) is 10.2 Å². The van der Waals surface area contributed by atoms with E-state index in [9.17, 15) is 4.79 Å². The molecule has 2 fully saturated rings. The van der Waals surface area contributed by atoms with Crippen molar-refractivity contribution in [3.63, 3.8) is 0 Å². The third-order valence-electron chi connectivity index (χ3n) is 5.20. The van der Waals surface area contributed by atoms with Crippen LogP contribution in [0.4, 0.5) is 5.82 Å². The second-order valence-electron chi connectivity index (χ2n) is 6.92. The molecule has 134 valence electrons. The fourth-order valence-electron chi connectivity index (χ4n) is 3.74. The number of carbonyl (C=O) groups is 1. The average Bonchev–Trinajstić information content (AvgIpc) is 3.12. The summed E-state index contributed by atoms with van der Waals surface area (Å²) in [6.45, 7) is 3.44. The van der Waals surface area contributed by atoms with Crippen molar-refractivity contribution in [1.29, 1.82) is 0 Å². The van der Waals surface area contributed by atoms with Crippen LogP contribution in [0.5, 0.6) is 0 Å². The molecule has 1 amide bonds. The second kappa shape index (κ2) is 7.66. The number of rotatable bonds is 4. The van der Waals surface area contributed by atoms with Gasteiger partial charge in [0, 0.05) is 38.8 Å². The summed E-state index contributed by atoms with van der Waals surface area (Å²) in [4.78, 5) is 23.4.